The van der Waals surface area contributed by atoms with Gasteiger partial charge in [0.15, 0.2) is 0 Å². The molecule has 0 saturated heterocycles. The third-order valence-corrected chi connectivity index (χ3v) is 10.9. The van der Waals surface area contributed by atoms with Gasteiger partial charge in [-0.1, -0.05) is 133 Å². The standard InChI is InChI=1S/C46H29NS/c1-2-16-34-30(12-1)13-10-22-35(34)31-14-9-15-32(28-31)47(43-23-11-25-45-46(43)41-21-7-8-24-44(41)48-45)33-26-27-40-38-19-4-3-17-36(38)37-18-5-6-20-39(37)42(40)29-33/h1-29H. The fourth-order valence-electron chi connectivity index (χ4n) is 7.69. The molecule has 0 saturated carbocycles. The van der Waals surface area contributed by atoms with Gasteiger partial charge in [0, 0.05) is 31.5 Å². The van der Waals surface area contributed by atoms with Gasteiger partial charge in [0.2, 0.25) is 0 Å². The van der Waals surface area contributed by atoms with Crippen LogP contribution in [-0.4, -0.2) is 0 Å². The first-order chi connectivity index (χ1) is 23.8. The molecule has 0 atom stereocenters. The van der Waals surface area contributed by atoms with Crippen molar-refractivity contribution in [3.8, 4) is 11.1 Å². The molecule has 9 aromatic carbocycles. The summed E-state index contributed by atoms with van der Waals surface area (Å²) in [6, 6.07) is 64.6. The van der Waals surface area contributed by atoms with E-state index >= 15 is 0 Å². The maximum Gasteiger partial charge on any atom is 0.0554 e. The van der Waals surface area contributed by atoms with Crippen LogP contribution in [0.5, 0.6) is 0 Å². The second-order valence-corrected chi connectivity index (χ2v) is 13.6. The van der Waals surface area contributed by atoms with Crippen LogP contribution >= 0.6 is 11.3 Å². The zero-order valence-electron chi connectivity index (χ0n) is 26.1. The number of nitrogens with zero attached hydrogens (tertiary/aromatic N) is 1. The fraction of sp³-hybridized carbons (Fsp3) is 0. The van der Waals surface area contributed by atoms with Gasteiger partial charge in [-0.15, -0.1) is 11.3 Å². The van der Waals surface area contributed by atoms with Crippen LogP contribution in [0.25, 0.3) is 74.4 Å². The highest BCUT2D eigenvalue weighted by Gasteiger charge is 2.20. The van der Waals surface area contributed by atoms with Crippen molar-refractivity contribution in [2.75, 3.05) is 4.90 Å². The van der Waals surface area contributed by atoms with Gasteiger partial charge < -0.3 is 4.90 Å². The summed E-state index contributed by atoms with van der Waals surface area (Å²) in [5.74, 6) is 0. The van der Waals surface area contributed by atoms with Gasteiger partial charge in [0.1, 0.15) is 0 Å². The quantitative estimate of drug-likeness (QED) is 0.176. The van der Waals surface area contributed by atoms with Gasteiger partial charge in [-0.2, -0.15) is 0 Å². The monoisotopic (exact) mass is 627 g/mol. The number of fused-ring (bicyclic) bond motifs is 10. The van der Waals surface area contributed by atoms with Crippen molar-refractivity contribution < 1.29 is 0 Å². The summed E-state index contributed by atoms with van der Waals surface area (Å²) in [6.07, 6.45) is 0. The molecular weight excluding hydrogens is 599 g/mol. The van der Waals surface area contributed by atoms with Crippen LogP contribution in [0.15, 0.2) is 176 Å². The largest absolute Gasteiger partial charge is 0.310 e. The first-order valence-corrected chi connectivity index (χ1v) is 17.3. The number of rotatable bonds is 4. The highest BCUT2D eigenvalue weighted by molar-refractivity contribution is 7.26. The van der Waals surface area contributed by atoms with Crippen molar-refractivity contribution in [3.05, 3.63) is 176 Å². The summed E-state index contributed by atoms with van der Waals surface area (Å²) in [6.45, 7) is 0. The van der Waals surface area contributed by atoms with Crippen molar-refractivity contribution in [1.82, 2.24) is 0 Å². The Balaban J connectivity index is 1.28. The minimum absolute atomic E-state index is 1.13. The Kier molecular flexibility index (Phi) is 6.12. The Morgan fingerprint density at radius 3 is 1.71 bits per heavy atom. The van der Waals surface area contributed by atoms with Gasteiger partial charge in [0.25, 0.3) is 0 Å². The molecule has 0 spiro atoms. The van der Waals surface area contributed by atoms with Gasteiger partial charge in [-0.3, -0.25) is 0 Å². The Hall–Kier alpha value is -5.96. The predicted molar refractivity (Wildman–Crippen MR) is 209 cm³/mol. The Morgan fingerprint density at radius 1 is 0.354 bits per heavy atom. The molecule has 1 heterocycles. The lowest BCUT2D eigenvalue weighted by atomic mass is 9.93. The average molecular weight is 628 g/mol. The van der Waals surface area contributed by atoms with E-state index in [9.17, 15) is 0 Å². The van der Waals surface area contributed by atoms with E-state index in [1.165, 1.54) is 80.1 Å². The van der Waals surface area contributed by atoms with E-state index in [4.69, 9.17) is 0 Å². The molecule has 0 aliphatic rings. The lowest BCUT2D eigenvalue weighted by Crippen LogP contribution is -2.10. The molecule has 0 amide bonds. The van der Waals surface area contributed by atoms with Gasteiger partial charge in [-0.25, -0.2) is 0 Å². The zero-order chi connectivity index (χ0) is 31.6. The second kappa shape index (κ2) is 10.8. The smallest absolute Gasteiger partial charge is 0.0554 e. The Bertz CT molecular complexity index is 2820. The van der Waals surface area contributed by atoms with Crippen molar-refractivity contribution in [3.63, 3.8) is 0 Å². The maximum absolute atomic E-state index is 2.47. The topological polar surface area (TPSA) is 3.24 Å². The molecule has 48 heavy (non-hydrogen) atoms. The Labute approximate surface area is 282 Å². The number of thiophene rings is 1. The molecule has 1 aromatic heterocycles. The summed E-state index contributed by atoms with van der Waals surface area (Å²) >= 11 is 1.86. The lowest BCUT2D eigenvalue weighted by Gasteiger charge is -2.28. The second-order valence-electron chi connectivity index (χ2n) is 12.5. The van der Waals surface area contributed by atoms with Crippen LogP contribution in [0.3, 0.4) is 0 Å². The fourth-order valence-corrected chi connectivity index (χ4v) is 8.82. The summed E-state index contributed by atoms with van der Waals surface area (Å²) in [4.78, 5) is 2.47. The highest BCUT2D eigenvalue weighted by Crippen LogP contribution is 2.47. The van der Waals surface area contributed by atoms with E-state index < -0.39 is 0 Å². The molecule has 0 N–H and O–H groups in total. The van der Waals surface area contributed by atoms with Gasteiger partial charge in [0.05, 0.1) is 5.69 Å². The van der Waals surface area contributed by atoms with Crippen molar-refractivity contribution in [2.45, 2.75) is 0 Å². The summed E-state index contributed by atoms with van der Waals surface area (Å²) in [5, 5.41) is 12.8. The van der Waals surface area contributed by atoms with Crippen LogP contribution in [0, 0.1) is 0 Å². The van der Waals surface area contributed by atoms with E-state index in [1.54, 1.807) is 0 Å². The molecule has 0 radical (unpaired) electrons. The molecule has 0 aliphatic heterocycles. The van der Waals surface area contributed by atoms with E-state index in [0.717, 1.165) is 11.4 Å². The van der Waals surface area contributed by atoms with Crippen molar-refractivity contribution >= 4 is 91.7 Å². The molecule has 0 fully saturated rings. The summed E-state index contributed by atoms with van der Waals surface area (Å²) < 4.78 is 2.60. The minimum atomic E-state index is 1.13. The van der Waals surface area contributed by atoms with Crippen molar-refractivity contribution in [2.24, 2.45) is 0 Å². The molecule has 224 valence electrons. The number of anilines is 3. The van der Waals surface area contributed by atoms with Crippen LogP contribution in [-0.2, 0) is 0 Å². The molecule has 10 aromatic rings. The van der Waals surface area contributed by atoms with Crippen LogP contribution in [0.2, 0.25) is 0 Å². The van der Waals surface area contributed by atoms with Crippen LogP contribution in [0.4, 0.5) is 17.1 Å². The summed E-state index contributed by atoms with van der Waals surface area (Å²) in [5.41, 5.74) is 5.90. The van der Waals surface area contributed by atoms with Crippen LogP contribution in [0.1, 0.15) is 0 Å². The van der Waals surface area contributed by atoms with E-state index in [-0.39, 0.29) is 0 Å². The number of benzene rings is 9. The number of hydrogen-bond acceptors (Lipinski definition) is 2. The molecule has 0 aliphatic carbocycles. The van der Waals surface area contributed by atoms with Gasteiger partial charge >= 0.3 is 0 Å². The van der Waals surface area contributed by atoms with Crippen molar-refractivity contribution in [1.29, 1.82) is 0 Å². The van der Waals surface area contributed by atoms with E-state index in [1.807, 2.05) is 11.3 Å². The predicted octanol–water partition coefficient (Wildman–Crippen LogP) is 13.8. The number of hydrogen-bond donors (Lipinski definition) is 0. The zero-order valence-corrected chi connectivity index (χ0v) is 26.9. The van der Waals surface area contributed by atoms with Crippen LogP contribution < -0.4 is 4.90 Å². The molecule has 10 rings (SSSR count). The Morgan fingerprint density at radius 2 is 0.917 bits per heavy atom. The normalized spacial score (nSPS) is 11.8. The van der Waals surface area contributed by atoms with E-state index in [2.05, 4.69) is 181 Å². The van der Waals surface area contributed by atoms with Gasteiger partial charge in [-0.05, 0) is 96.7 Å². The van der Waals surface area contributed by atoms with E-state index in [0.29, 0.717) is 0 Å². The third kappa shape index (κ3) is 4.17. The lowest BCUT2D eigenvalue weighted by molar-refractivity contribution is 1.31. The average Bonchev–Trinajstić information content (AvgIpc) is 3.54. The maximum atomic E-state index is 2.47. The first-order valence-electron chi connectivity index (χ1n) is 16.4. The highest BCUT2D eigenvalue weighted by atomic mass is 32.1. The molecular formula is C46H29NS. The molecule has 2 heteroatoms. The molecule has 0 unspecified atom stereocenters. The SMILES string of the molecule is c1cc(-c2cccc3ccccc23)cc(N(c2ccc3c4ccccc4c4ccccc4c3c2)c2cccc3sc4ccccc4c23)c1. The first kappa shape index (κ1) is 27.2. The summed E-state index contributed by atoms with van der Waals surface area (Å²) in [7, 11) is 0. The molecule has 1 nitrogen and oxygen atoms in total. The third-order valence-electron chi connectivity index (χ3n) is 9.81. The minimum Gasteiger partial charge on any atom is -0.310 e. The molecule has 0 bridgehead atoms.